The zero-order valence-electron chi connectivity index (χ0n) is 17.7. The molecular weight excluding hydrogens is 402 g/mol. The third-order valence-electron chi connectivity index (χ3n) is 5.23. The van der Waals surface area contributed by atoms with Crippen LogP contribution in [-0.4, -0.2) is 69.9 Å². The van der Waals surface area contributed by atoms with E-state index >= 15 is 0 Å². The number of likely N-dealkylation sites (N-methyl/N-ethyl adjacent to an activating group) is 1. The predicted molar refractivity (Wildman–Crippen MR) is 116 cm³/mol. The van der Waals surface area contributed by atoms with Crippen LogP contribution in [-0.2, 0) is 10.0 Å². The molecule has 0 spiro atoms. The summed E-state index contributed by atoms with van der Waals surface area (Å²) in [7, 11) is -1.65. The number of sulfonamides is 1. The largest absolute Gasteiger partial charge is 0.492 e. The molecule has 30 heavy (non-hydrogen) atoms. The zero-order chi connectivity index (χ0) is 21.7. The molecule has 1 heterocycles. The summed E-state index contributed by atoms with van der Waals surface area (Å²) in [5, 5.41) is 2.81. The van der Waals surface area contributed by atoms with E-state index in [2.05, 4.69) is 10.2 Å². The summed E-state index contributed by atoms with van der Waals surface area (Å²) in [4.78, 5) is 14.9. The van der Waals surface area contributed by atoms with Crippen molar-refractivity contribution in [3.63, 3.8) is 0 Å². The van der Waals surface area contributed by atoms with Gasteiger partial charge >= 0.3 is 0 Å². The molecule has 8 heteroatoms. The van der Waals surface area contributed by atoms with E-state index in [4.69, 9.17) is 4.74 Å². The first-order valence-electron chi connectivity index (χ1n) is 10.0. The lowest BCUT2D eigenvalue weighted by molar-refractivity contribution is 0.0946. The van der Waals surface area contributed by atoms with Crippen LogP contribution in [0.25, 0.3) is 0 Å². The second-order valence-electron chi connectivity index (χ2n) is 7.60. The number of hydrogen-bond acceptors (Lipinski definition) is 5. The Labute approximate surface area is 178 Å². The number of nitrogens with one attached hydrogen (secondary N) is 1. The predicted octanol–water partition coefficient (Wildman–Crippen LogP) is 2.05. The highest BCUT2D eigenvalue weighted by Gasteiger charge is 2.28. The summed E-state index contributed by atoms with van der Waals surface area (Å²) >= 11 is 0. The fourth-order valence-electron chi connectivity index (χ4n) is 3.25. The van der Waals surface area contributed by atoms with Gasteiger partial charge < -0.3 is 15.0 Å². The Kier molecular flexibility index (Phi) is 7.12. The van der Waals surface area contributed by atoms with E-state index in [9.17, 15) is 13.2 Å². The summed E-state index contributed by atoms with van der Waals surface area (Å²) in [5.74, 6) is 0.432. The maximum Gasteiger partial charge on any atom is 0.251 e. The quantitative estimate of drug-likeness (QED) is 0.679. The summed E-state index contributed by atoms with van der Waals surface area (Å²) in [5.41, 5.74) is 2.24. The number of carbonyl (C=O) groups excluding carboxylic acids is 1. The molecule has 1 saturated heterocycles. The van der Waals surface area contributed by atoms with Crippen LogP contribution in [0, 0.1) is 13.8 Å². The Bertz CT molecular complexity index is 982. The zero-order valence-corrected chi connectivity index (χ0v) is 18.5. The molecule has 1 N–H and O–H groups in total. The van der Waals surface area contributed by atoms with Gasteiger partial charge in [0.15, 0.2) is 0 Å². The number of amides is 1. The molecule has 7 nitrogen and oxygen atoms in total. The van der Waals surface area contributed by atoms with E-state index in [0.717, 1.165) is 16.9 Å². The van der Waals surface area contributed by atoms with Crippen molar-refractivity contribution >= 4 is 15.9 Å². The average molecular weight is 432 g/mol. The third-order valence-corrected chi connectivity index (χ3v) is 7.13. The van der Waals surface area contributed by atoms with Gasteiger partial charge in [0.2, 0.25) is 10.0 Å². The van der Waals surface area contributed by atoms with Gasteiger partial charge in [-0.1, -0.05) is 23.8 Å². The lowest BCUT2D eigenvalue weighted by atomic mass is 10.1. The smallest absolute Gasteiger partial charge is 0.251 e. The van der Waals surface area contributed by atoms with Crippen LogP contribution in [0.3, 0.4) is 0 Å². The van der Waals surface area contributed by atoms with E-state index in [0.29, 0.717) is 44.9 Å². The molecule has 162 valence electrons. The van der Waals surface area contributed by atoms with Crippen LogP contribution >= 0.6 is 0 Å². The molecule has 1 amide bonds. The molecule has 2 aromatic rings. The van der Waals surface area contributed by atoms with Crippen LogP contribution in [0.2, 0.25) is 0 Å². The normalized spacial score (nSPS) is 15.7. The summed E-state index contributed by atoms with van der Waals surface area (Å²) < 4.78 is 33.1. The average Bonchev–Trinajstić information content (AvgIpc) is 2.73. The molecule has 0 unspecified atom stereocenters. The van der Waals surface area contributed by atoms with Crippen LogP contribution < -0.4 is 10.1 Å². The van der Waals surface area contributed by atoms with Gasteiger partial charge in [-0.05, 0) is 50.7 Å². The molecular formula is C22H29N3O4S. The molecule has 0 aliphatic carbocycles. The highest BCUT2D eigenvalue weighted by Crippen LogP contribution is 2.21. The first-order chi connectivity index (χ1) is 14.3. The maximum atomic E-state index is 13.0. The number of rotatable bonds is 7. The van der Waals surface area contributed by atoms with Crippen molar-refractivity contribution in [1.82, 2.24) is 14.5 Å². The molecule has 3 rings (SSSR count). The Hall–Kier alpha value is -2.42. The van der Waals surface area contributed by atoms with E-state index in [1.165, 1.54) is 10.4 Å². The topological polar surface area (TPSA) is 78.9 Å². The molecule has 0 aromatic heterocycles. The number of hydrogen-bond donors (Lipinski definition) is 1. The van der Waals surface area contributed by atoms with Crippen LogP contribution in [0.1, 0.15) is 21.5 Å². The maximum absolute atomic E-state index is 13.0. The number of benzene rings is 2. The van der Waals surface area contributed by atoms with Gasteiger partial charge in [0.05, 0.1) is 11.4 Å². The van der Waals surface area contributed by atoms with Crippen LogP contribution in [0.5, 0.6) is 5.75 Å². The molecule has 1 aliphatic rings. The Morgan fingerprint density at radius 2 is 1.70 bits per heavy atom. The van der Waals surface area contributed by atoms with Gasteiger partial charge in [-0.25, -0.2) is 8.42 Å². The molecule has 1 aliphatic heterocycles. The van der Waals surface area contributed by atoms with E-state index in [1.54, 1.807) is 19.1 Å². The van der Waals surface area contributed by atoms with Crippen molar-refractivity contribution in [3.8, 4) is 5.75 Å². The second-order valence-corrected chi connectivity index (χ2v) is 9.54. The molecule has 1 fully saturated rings. The molecule has 0 bridgehead atoms. The van der Waals surface area contributed by atoms with Gasteiger partial charge in [0, 0.05) is 31.7 Å². The standard InChI is InChI=1S/C22H29N3O4S/c1-17-4-7-19(8-5-17)29-15-10-23-22(26)21-16-20(9-6-18(21)2)30(27,28)25-13-11-24(3)12-14-25/h4-9,16H,10-15H2,1-3H3,(H,23,26). The Morgan fingerprint density at radius 3 is 2.37 bits per heavy atom. The van der Waals surface area contributed by atoms with Crippen molar-refractivity contribution in [2.24, 2.45) is 0 Å². The monoisotopic (exact) mass is 431 g/mol. The van der Waals surface area contributed by atoms with Crippen LogP contribution in [0.15, 0.2) is 47.4 Å². The fourth-order valence-corrected chi connectivity index (χ4v) is 4.70. The third kappa shape index (κ3) is 5.38. The van der Waals surface area contributed by atoms with Crippen molar-refractivity contribution in [2.75, 3.05) is 46.4 Å². The second kappa shape index (κ2) is 9.59. The van der Waals surface area contributed by atoms with Gasteiger partial charge in [0.25, 0.3) is 5.91 Å². The Balaban J connectivity index is 1.62. The van der Waals surface area contributed by atoms with Crippen molar-refractivity contribution in [1.29, 1.82) is 0 Å². The minimum Gasteiger partial charge on any atom is -0.492 e. The fraction of sp³-hybridized carbons (Fsp3) is 0.409. The Morgan fingerprint density at radius 1 is 1.03 bits per heavy atom. The summed E-state index contributed by atoms with van der Waals surface area (Å²) in [6.07, 6.45) is 0. The van der Waals surface area contributed by atoms with Crippen molar-refractivity contribution in [3.05, 3.63) is 59.2 Å². The van der Waals surface area contributed by atoms with Gasteiger partial charge in [0.1, 0.15) is 12.4 Å². The van der Waals surface area contributed by atoms with E-state index in [1.807, 2.05) is 38.2 Å². The number of aryl methyl sites for hydroxylation is 2. The SMILES string of the molecule is Cc1ccc(OCCNC(=O)c2cc(S(=O)(=O)N3CCN(C)CC3)ccc2C)cc1. The van der Waals surface area contributed by atoms with Gasteiger partial charge in [-0.3, -0.25) is 4.79 Å². The number of nitrogens with zero attached hydrogens (tertiary/aromatic N) is 2. The molecule has 2 aromatic carbocycles. The number of carbonyl (C=O) groups is 1. The van der Waals surface area contributed by atoms with Crippen molar-refractivity contribution in [2.45, 2.75) is 18.7 Å². The number of ether oxygens (including phenoxy) is 1. The minimum atomic E-state index is -3.62. The first-order valence-corrected chi connectivity index (χ1v) is 11.5. The van der Waals surface area contributed by atoms with Crippen molar-refractivity contribution < 1.29 is 17.9 Å². The first kappa shape index (κ1) is 22.3. The van der Waals surface area contributed by atoms with E-state index in [-0.39, 0.29) is 10.8 Å². The lowest BCUT2D eigenvalue weighted by Crippen LogP contribution is -2.47. The molecule has 0 saturated carbocycles. The highest BCUT2D eigenvalue weighted by molar-refractivity contribution is 7.89. The highest BCUT2D eigenvalue weighted by atomic mass is 32.2. The minimum absolute atomic E-state index is 0.152. The van der Waals surface area contributed by atoms with E-state index < -0.39 is 10.0 Å². The lowest BCUT2D eigenvalue weighted by Gasteiger charge is -2.31. The van der Waals surface area contributed by atoms with Gasteiger partial charge in [-0.2, -0.15) is 4.31 Å². The molecule has 0 atom stereocenters. The molecule has 0 radical (unpaired) electrons. The summed E-state index contributed by atoms with van der Waals surface area (Å²) in [6.45, 7) is 6.73. The van der Waals surface area contributed by atoms with Gasteiger partial charge in [-0.15, -0.1) is 0 Å². The summed E-state index contributed by atoms with van der Waals surface area (Å²) in [6, 6.07) is 12.4. The van der Waals surface area contributed by atoms with Crippen LogP contribution in [0.4, 0.5) is 0 Å². The number of piperazine rings is 1.